The minimum Gasteiger partial charge on any atom is -0.495 e. The first-order valence-corrected chi connectivity index (χ1v) is 12.7. The highest BCUT2D eigenvalue weighted by atomic mass is 16.5. The number of methoxy groups -OCH3 is 1. The average Bonchev–Trinajstić information content (AvgIpc) is 3.18. The highest BCUT2D eigenvalue weighted by Crippen LogP contribution is 2.32. The van der Waals surface area contributed by atoms with Crippen LogP contribution in [0.25, 0.3) is 22.2 Å². The van der Waals surface area contributed by atoms with Gasteiger partial charge in [-0.1, -0.05) is 24.3 Å². The van der Waals surface area contributed by atoms with Gasteiger partial charge in [0.1, 0.15) is 23.9 Å². The molecule has 1 saturated heterocycles. The normalized spacial score (nSPS) is 15.8. The van der Waals surface area contributed by atoms with E-state index in [0.29, 0.717) is 32.8 Å². The molecule has 0 radical (unpaired) electrons. The number of para-hydroxylation sites is 2. The molecule has 3 heterocycles. The molecule has 3 aromatic carbocycles. The lowest BCUT2D eigenvalue weighted by Crippen LogP contribution is -2.53. The summed E-state index contributed by atoms with van der Waals surface area (Å²) in [6.45, 7) is 6.42. The number of piperazine rings is 1. The molecule has 0 aliphatic carbocycles. The van der Waals surface area contributed by atoms with Crippen molar-refractivity contribution in [3.8, 4) is 22.6 Å². The molecule has 1 N–H and O–H groups in total. The highest BCUT2D eigenvalue weighted by molar-refractivity contribution is 5.82. The first kappa shape index (κ1) is 23.2. The summed E-state index contributed by atoms with van der Waals surface area (Å²) in [6.07, 6.45) is 0. The van der Waals surface area contributed by atoms with Crippen molar-refractivity contribution in [3.05, 3.63) is 72.1 Å². The number of ether oxygens (including phenoxy) is 2. The van der Waals surface area contributed by atoms with E-state index < -0.39 is 0 Å². The van der Waals surface area contributed by atoms with Crippen LogP contribution in [0.1, 0.15) is 11.4 Å². The van der Waals surface area contributed by atoms with Crippen LogP contribution >= 0.6 is 0 Å². The average molecular weight is 498 g/mol. The lowest BCUT2D eigenvalue weighted by molar-refractivity contribution is 0.143. The lowest BCUT2D eigenvalue weighted by atomic mass is 10.0. The molecule has 8 heteroatoms. The summed E-state index contributed by atoms with van der Waals surface area (Å²) in [7, 11) is 1.69. The van der Waals surface area contributed by atoms with Crippen molar-refractivity contribution in [2.24, 2.45) is 0 Å². The van der Waals surface area contributed by atoms with Crippen LogP contribution in [0.5, 0.6) is 11.5 Å². The van der Waals surface area contributed by atoms with E-state index in [2.05, 4.69) is 45.2 Å². The van der Waals surface area contributed by atoms with E-state index in [1.54, 1.807) is 7.11 Å². The van der Waals surface area contributed by atoms with E-state index in [9.17, 15) is 4.79 Å². The predicted molar refractivity (Wildman–Crippen MR) is 144 cm³/mol. The van der Waals surface area contributed by atoms with Gasteiger partial charge >= 0.3 is 6.03 Å². The highest BCUT2D eigenvalue weighted by Gasteiger charge is 2.28. The van der Waals surface area contributed by atoms with E-state index in [1.807, 2.05) is 47.1 Å². The van der Waals surface area contributed by atoms with E-state index in [0.717, 1.165) is 63.8 Å². The Morgan fingerprint density at radius 1 is 0.946 bits per heavy atom. The minimum atomic E-state index is 0.0656. The van der Waals surface area contributed by atoms with Gasteiger partial charge in [0.15, 0.2) is 0 Å². The Morgan fingerprint density at radius 3 is 2.57 bits per heavy atom. The van der Waals surface area contributed by atoms with Crippen molar-refractivity contribution >= 4 is 22.8 Å². The summed E-state index contributed by atoms with van der Waals surface area (Å²) in [5, 5.41) is 0. The number of carbonyl (C=O) groups is 1. The zero-order valence-corrected chi connectivity index (χ0v) is 21.2. The summed E-state index contributed by atoms with van der Waals surface area (Å²) in [5.41, 5.74) is 6.28. The Morgan fingerprint density at radius 2 is 1.73 bits per heavy atom. The molecule has 37 heavy (non-hydrogen) atoms. The Hall–Kier alpha value is -4.20. The van der Waals surface area contributed by atoms with Gasteiger partial charge in [0.25, 0.3) is 0 Å². The molecule has 1 aromatic heterocycles. The molecular formula is C29H31N5O3. The van der Waals surface area contributed by atoms with Crippen LogP contribution in [-0.4, -0.2) is 72.2 Å². The molecule has 0 atom stereocenters. The molecular weight excluding hydrogens is 466 g/mol. The van der Waals surface area contributed by atoms with Gasteiger partial charge < -0.3 is 29.2 Å². The van der Waals surface area contributed by atoms with Crippen LogP contribution in [0, 0.1) is 6.92 Å². The summed E-state index contributed by atoms with van der Waals surface area (Å²) in [5.74, 6) is 2.61. The zero-order chi connectivity index (χ0) is 25.4. The number of aromatic amines is 1. The van der Waals surface area contributed by atoms with Gasteiger partial charge in [-0.15, -0.1) is 0 Å². The molecule has 6 rings (SSSR count). The van der Waals surface area contributed by atoms with E-state index in [1.165, 1.54) is 0 Å². The van der Waals surface area contributed by atoms with Crippen LogP contribution < -0.4 is 14.4 Å². The minimum absolute atomic E-state index is 0.0656. The molecule has 2 aliphatic rings. The van der Waals surface area contributed by atoms with Gasteiger partial charge in [-0.05, 0) is 54.4 Å². The Labute approximate surface area is 216 Å². The fourth-order valence-corrected chi connectivity index (χ4v) is 5.28. The summed E-state index contributed by atoms with van der Waals surface area (Å²) in [6, 6.07) is 20.6. The van der Waals surface area contributed by atoms with Crippen molar-refractivity contribution in [2.75, 3.05) is 51.3 Å². The number of hydrogen-bond donors (Lipinski definition) is 1. The number of anilines is 1. The van der Waals surface area contributed by atoms with Crippen molar-refractivity contribution in [1.82, 2.24) is 19.8 Å². The first-order valence-electron chi connectivity index (χ1n) is 12.7. The second-order valence-corrected chi connectivity index (χ2v) is 9.58. The number of aromatic nitrogens is 2. The molecule has 190 valence electrons. The molecule has 2 aliphatic heterocycles. The van der Waals surface area contributed by atoms with E-state index in [4.69, 9.17) is 9.47 Å². The Balaban J connectivity index is 1.17. The third-order valence-electron chi connectivity index (χ3n) is 7.22. The van der Waals surface area contributed by atoms with Crippen LogP contribution in [0.2, 0.25) is 0 Å². The van der Waals surface area contributed by atoms with Gasteiger partial charge in [0, 0.05) is 31.7 Å². The van der Waals surface area contributed by atoms with Crippen molar-refractivity contribution in [3.63, 3.8) is 0 Å². The number of amides is 2. The van der Waals surface area contributed by atoms with E-state index in [-0.39, 0.29) is 6.03 Å². The third kappa shape index (κ3) is 4.55. The molecule has 4 aromatic rings. The number of aryl methyl sites for hydroxylation is 1. The van der Waals surface area contributed by atoms with Crippen molar-refractivity contribution in [2.45, 2.75) is 13.5 Å². The number of nitrogens with zero attached hydrogens (tertiary/aromatic N) is 4. The number of hydrogen-bond acceptors (Lipinski definition) is 5. The second kappa shape index (κ2) is 9.69. The molecule has 0 bridgehead atoms. The van der Waals surface area contributed by atoms with Gasteiger partial charge in [-0.2, -0.15) is 0 Å². The number of imidazole rings is 1. The van der Waals surface area contributed by atoms with Gasteiger partial charge in [-0.3, -0.25) is 0 Å². The van der Waals surface area contributed by atoms with Crippen LogP contribution in [0.15, 0.2) is 60.7 Å². The smallest absolute Gasteiger partial charge is 0.320 e. The largest absolute Gasteiger partial charge is 0.495 e. The predicted octanol–water partition coefficient (Wildman–Crippen LogP) is 4.68. The summed E-state index contributed by atoms with van der Waals surface area (Å²) in [4.78, 5) is 27.5. The molecule has 8 nitrogen and oxygen atoms in total. The molecule has 2 amide bonds. The monoisotopic (exact) mass is 497 g/mol. The first-order chi connectivity index (χ1) is 18.1. The zero-order valence-electron chi connectivity index (χ0n) is 21.2. The van der Waals surface area contributed by atoms with Gasteiger partial charge in [-0.25, -0.2) is 9.78 Å². The van der Waals surface area contributed by atoms with Crippen molar-refractivity contribution in [1.29, 1.82) is 0 Å². The number of nitrogens with one attached hydrogen (secondary N) is 1. The number of fused-ring (bicyclic) bond motifs is 2. The van der Waals surface area contributed by atoms with E-state index >= 15 is 0 Å². The number of benzene rings is 3. The van der Waals surface area contributed by atoms with Gasteiger partial charge in [0.05, 0.1) is 36.9 Å². The lowest BCUT2D eigenvalue weighted by Gasteiger charge is -2.38. The fraction of sp³-hybridized carbons (Fsp3) is 0.310. The Bertz CT molecular complexity index is 1440. The summed E-state index contributed by atoms with van der Waals surface area (Å²) < 4.78 is 11.6. The molecule has 0 spiro atoms. The topological polar surface area (TPSA) is 73.9 Å². The number of rotatable bonds is 3. The van der Waals surface area contributed by atoms with Crippen LogP contribution in [0.3, 0.4) is 0 Å². The third-order valence-corrected chi connectivity index (χ3v) is 7.22. The SMILES string of the molecule is COc1ccccc1N1CCN(C(=O)N2CCOc3ccc(-c4ccc5nc(C)[nH]c5c4)cc3C2)CC1. The number of H-pyrrole nitrogens is 1. The maximum absolute atomic E-state index is 13.5. The molecule has 1 fully saturated rings. The second-order valence-electron chi connectivity index (χ2n) is 9.58. The Kier molecular flexibility index (Phi) is 6.08. The molecule has 0 saturated carbocycles. The molecule has 0 unspecified atom stereocenters. The standard InChI is InChI=1S/C29H31N5O3/c1-20-30-24-9-7-22(18-25(24)31-20)21-8-10-27-23(17-21)19-34(15-16-37-27)29(35)33-13-11-32(12-14-33)26-5-3-4-6-28(26)36-2/h3-10,17-18H,11-16,19H2,1-2H3,(H,30,31). The fourth-order valence-electron chi connectivity index (χ4n) is 5.28. The number of carbonyl (C=O) groups excluding carboxylic acids is 1. The number of urea groups is 1. The maximum Gasteiger partial charge on any atom is 0.320 e. The van der Waals surface area contributed by atoms with Crippen molar-refractivity contribution < 1.29 is 14.3 Å². The maximum atomic E-state index is 13.5. The van der Waals surface area contributed by atoms with Crippen LogP contribution in [0.4, 0.5) is 10.5 Å². The van der Waals surface area contributed by atoms with Gasteiger partial charge in [0.2, 0.25) is 0 Å². The summed E-state index contributed by atoms with van der Waals surface area (Å²) >= 11 is 0. The quantitative estimate of drug-likeness (QED) is 0.445. The van der Waals surface area contributed by atoms with Crippen LogP contribution in [-0.2, 0) is 6.54 Å².